The van der Waals surface area contributed by atoms with Gasteiger partial charge in [0.15, 0.2) is 0 Å². The predicted octanol–water partition coefficient (Wildman–Crippen LogP) is 2.96. The van der Waals surface area contributed by atoms with Crippen molar-refractivity contribution in [2.75, 3.05) is 13.2 Å². The van der Waals surface area contributed by atoms with Crippen molar-refractivity contribution < 1.29 is 19.1 Å². The fraction of sp³-hybridized carbons (Fsp3) is 0.579. The highest BCUT2D eigenvalue weighted by Crippen LogP contribution is 2.32. The number of carbonyl (C=O) groups is 2. The molecule has 0 aromatic heterocycles. The van der Waals surface area contributed by atoms with Crippen LogP contribution in [0.25, 0.3) is 0 Å². The number of carbonyl (C=O) groups excluding carboxylic acids is 2. The third-order valence-electron chi connectivity index (χ3n) is 4.35. The summed E-state index contributed by atoms with van der Waals surface area (Å²) < 4.78 is 11.0. The molecule has 1 amide bonds. The van der Waals surface area contributed by atoms with E-state index in [1.807, 2.05) is 13.0 Å². The quantitative estimate of drug-likeness (QED) is 0.642. The van der Waals surface area contributed by atoms with Crippen molar-refractivity contribution in [2.45, 2.75) is 52.6 Å². The van der Waals surface area contributed by atoms with Gasteiger partial charge in [-0.1, -0.05) is 26.0 Å². The molecule has 1 aromatic rings. The van der Waals surface area contributed by atoms with Crippen LogP contribution in [0.1, 0.15) is 51.2 Å². The Bertz CT molecular complexity index is 622. The van der Waals surface area contributed by atoms with Gasteiger partial charge in [0.1, 0.15) is 18.0 Å². The van der Waals surface area contributed by atoms with Crippen LogP contribution in [-0.2, 0) is 14.3 Å². The van der Waals surface area contributed by atoms with Gasteiger partial charge in [-0.2, -0.15) is 0 Å². The Labute approximate surface area is 143 Å². The van der Waals surface area contributed by atoms with Crippen LogP contribution in [0.3, 0.4) is 0 Å². The van der Waals surface area contributed by atoms with Gasteiger partial charge in [0.05, 0.1) is 18.9 Å². The first kappa shape index (κ1) is 18.3. The van der Waals surface area contributed by atoms with E-state index in [2.05, 4.69) is 31.3 Å². The van der Waals surface area contributed by atoms with Gasteiger partial charge in [-0.25, -0.2) is 0 Å². The molecule has 0 spiro atoms. The van der Waals surface area contributed by atoms with Crippen molar-refractivity contribution >= 4 is 11.9 Å². The number of esters is 1. The molecule has 1 fully saturated rings. The molecule has 0 bridgehead atoms. The van der Waals surface area contributed by atoms with Crippen molar-refractivity contribution in [3.63, 3.8) is 0 Å². The van der Waals surface area contributed by atoms with E-state index >= 15 is 0 Å². The second kappa shape index (κ2) is 7.24. The lowest BCUT2D eigenvalue weighted by atomic mass is 9.90. The SMILES string of the molecule is Cc1ccc(C(C)C)c(OCCNC(=O)C2CC(=O)OC2(C)C)c1. The van der Waals surface area contributed by atoms with Crippen LogP contribution < -0.4 is 10.1 Å². The summed E-state index contributed by atoms with van der Waals surface area (Å²) >= 11 is 0. The first-order valence-corrected chi connectivity index (χ1v) is 8.43. The molecule has 1 aliphatic rings. The van der Waals surface area contributed by atoms with E-state index in [1.54, 1.807) is 13.8 Å². The molecular formula is C19H27NO4. The molecule has 1 atom stereocenters. The van der Waals surface area contributed by atoms with Crippen LogP contribution in [0.4, 0.5) is 0 Å². The molecular weight excluding hydrogens is 306 g/mol. The van der Waals surface area contributed by atoms with Crippen molar-refractivity contribution in [3.05, 3.63) is 29.3 Å². The normalized spacial score (nSPS) is 19.2. The average molecular weight is 333 g/mol. The van der Waals surface area contributed by atoms with Gasteiger partial charge in [-0.15, -0.1) is 0 Å². The van der Waals surface area contributed by atoms with E-state index in [0.29, 0.717) is 19.1 Å². The number of hydrogen-bond donors (Lipinski definition) is 1. The standard InChI is InChI=1S/C19H27NO4/c1-12(2)14-7-6-13(3)10-16(14)23-9-8-20-18(22)15-11-17(21)24-19(15,4)5/h6-7,10,12,15H,8-9,11H2,1-5H3,(H,20,22). The molecule has 1 saturated heterocycles. The summed E-state index contributed by atoms with van der Waals surface area (Å²) in [6, 6.07) is 6.17. The number of benzene rings is 1. The maximum absolute atomic E-state index is 12.2. The first-order valence-electron chi connectivity index (χ1n) is 8.43. The summed E-state index contributed by atoms with van der Waals surface area (Å²) in [5, 5.41) is 2.84. The highest BCUT2D eigenvalue weighted by Gasteiger charge is 2.45. The third kappa shape index (κ3) is 4.28. The number of hydrogen-bond acceptors (Lipinski definition) is 4. The van der Waals surface area contributed by atoms with Crippen molar-refractivity contribution in [2.24, 2.45) is 5.92 Å². The molecule has 1 aliphatic heterocycles. The number of amides is 1. The minimum Gasteiger partial charge on any atom is -0.491 e. The Kier molecular flexibility index (Phi) is 5.52. The van der Waals surface area contributed by atoms with Crippen LogP contribution in [0.15, 0.2) is 18.2 Å². The molecule has 5 heteroatoms. The van der Waals surface area contributed by atoms with Crippen LogP contribution in [0.2, 0.25) is 0 Å². The molecule has 5 nitrogen and oxygen atoms in total. The molecule has 0 aliphatic carbocycles. The third-order valence-corrected chi connectivity index (χ3v) is 4.35. The summed E-state index contributed by atoms with van der Waals surface area (Å²) in [6.45, 7) is 10.6. The van der Waals surface area contributed by atoms with Crippen LogP contribution in [0, 0.1) is 12.8 Å². The van der Waals surface area contributed by atoms with Gasteiger partial charge in [-0.3, -0.25) is 9.59 Å². The van der Waals surface area contributed by atoms with Gasteiger partial charge < -0.3 is 14.8 Å². The number of cyclic esters (lactones) is 1. The fourth-order valence-electron chi connectivity index (χ4n) is 2.93. The van der Waals surface area contributed by atoms with E-state index in [-0.39, 0.29) is 18.3 Å². The highest BCUT2D eigenvalue weighted by molar-refractivity contribution is 5.87. The second-order valence-corrected chi connectivity index (χ2v) is 7.17. The lowest BCUT2D eigenvalue weighted by molar-refractivity contribution is -0.147. The lowest BCUT2D eigenvalue weighted by Gasteiger charge is -2.23. The topological polar surface area (TPSA) is 64.6 Å². The van der Waals surface area contributed by atoms with Gasteiger partial charge in [0, 0.05) is 0 Å². The zero-order valence-corrected chi connectivity index (χ0v) is 15.1. The summed E-state index contributed by atoms with van der Waals surface area (Å²) in [6.07, 6.45) is 0.134. The Morgan fingerprint density at radius 3 is 2.71 bits per heavy atom. The Morgan fingerprint density at radius 2 is 2.12 bits per heavy atom. The van der Waals surface area contributed by atoms with Gasteiger partial charge in [-0.05, 0) is 43.9 Å². The maximum atomic E-state index is 12.2. The second-order valence-electron chi connectivity index (χ2n) is 7.17. The van der Waals surface area contributed by atoms with Crippen LogP contribution in [-0.4, -0.2) is 30.6 Å². The van der Waals surface area contributed by atoms with Crippen molar-refractivity contribution in [1.82, 2.24) is 5.32 Å². The Hall–Kier alpha value is -2.04. The fourth-order valence-corrected chi connectivity index (χ4v) is 2.93. The van der Waals surface area contributed by atoms with E-state index in [1.165, 1.54) is 0 Å². The largest absolute Gasteiger partial charge is 0.491 e. The van der Waals surface area contributed by atoms with E-state index in [4.69, 9.17) is 9.47 Å². The zero-order chi connectivity index (χ0) is 17.9. The minimum atomic E-state index is -0.747. The van der Waals surface area contributed by atoms with E-state index in [9.17, 15) is 9.59 Å². The zero-order valence-electron chi connectivity index (χ0n) is 15.1. The molecule has 132 valence electrons. The first-order chi connectivity index (χ1) is 11.2. The predicted molar refractivity (Wildman–Crippen MR) is 92.1 cm³/mol. The van der Waals surface area contributed by atoms with Gasteiger partial charge in [0.2, 0.25) is 5.91 Å². The molecule has 0 radical (unpaired) electrons. The number of ether oxygens (including phenoxy) is 2. The van der Waals surface area contributed by atoms with Crippen LogP contribution in [0.5, 0.6) is 5.75 Å². The number of nitrogens with one attached hydrogen (secondary N) is 1. The maximum Gasteiger partial charge on any atom is 0.307 e. The molecule has 1 heterocycles. The Balaban J connectivity index is 1.86. The summed E-state index contributed by atoms with van der Waals surface area (Å²) in [4.78, 5) is 23.6. The monoisotopic (exact) mass is 333 g/mol. The van der Waals surface area contributed by atoms with Crippen molar-refractivity contribution in [3.8, 4) is 5.75 Å². The summed E-state index contributed by atoms with van der Waals surface area (Å²) in [7, 11) is 0. The summed E-state index contributed by atoms with van der Waals surface area (Å²) in [5.41, 5.74) is 1.55. The lowest BCUT2D eigenvalue weighted by Crippen LogP contribution is -2.41. The number of rotatable bonds is 6. The van der Waals surface area contributed by atoms with Gasteiger partial charge in [0.25, 0.3) is 0 Å². The van der Waals surface area contributed by atoms with Gasteiger partial charge >= 0.3 is 5.97 Å². The van der Waals surface area contributed by atoms with Crippen LogP contribution >= 0.6 is 0 Å². The van der Waals surface area contributed by atoms with Crippen molar-refractivity contribution in [1.29, 1.82) is 0 Å². The molecule has 1 aromatic carbocycles. The average Bonchev–Trinajstić information content (AvgIpc) is 2.76. The smallest absolute Gasteiger partial charge is 0.307 e. The molecule has 24 heavy (non-hydrogen) atoms. The minimum absolute atomic E-state index is 0.134. The molecule has 2 rings (SSSR count). The molecule has 1 N–H and O–H groups in total. The molecule has 1 unspecified atom stereocenters. The number of aryl methyl sites for hydroxylation is 1. The van der Waals surface area contributed by atoms with E-state index in [0.717, 1.165) is 16.9 Å². The Morgan fingerprint density at radius 1 is 1.42 bits per heavy atom. The van der Waals surface area contributed by atoms with E-state index < -0.39 is 11.5 Å². The molecule has 0 saturated carbocycles. The summed E-state index contributed by atoms with van der Waals surface area (Å²) in [5.74, 6) is 0.298. The highest BCUT2D eigenvalue weighted by atomic mass is 16.6.